The summed E-state index contributed by atoms with van der Waals surface area (Å²) in [7, 11) is -2.64. The van der Waals surface area contributed by atoms with Gasteiger partial charge in [-0.2, -0.15) is 4.31 Å². The number of piperidine rings is 1. The highest BCUT2D eigenvalue weighted by atomic mass is 35.5. The van der Waals surface area contributed by atoms with Crippen LogP contribution < -0.4 is 5.73 Å². The van der Waals surface area contributed by atoms with Crippen molar-refractivity contribution in [3.8, 4) is 0 Å². The number of sulfonamides is 1. The highest BCUT2D eigenvalue weighted by molar-refractivity contribution is 7.89. The summed E-state index contributed by atoms with van der Waals surface area (Å²) < 4.78 is 32.0. The van der Waals surface area contributed by atoms with E-state index in [0.717, 1.165) is 12.8 Å². The van der Waals surface area contributed by atoms with Gasteiger partial charge in [0.25, 0.3) is 0 Å². The molecule has 24 heavy (non-hydrogen) atoms. The quantitative estimate of drug-likeness (QED) is 0.788. The maximum atomic E-state index is 13.0. The van der Waals surface area contributed by atoms with Gasteiger partial charge in [0.15, 0.2) is 0 Å². The van der Waals surface area contributed by atoms with Crippen molar-refractivity contribution >= 4 is 40.0 Å². The molecule has 1 aliphatic heterocycles. The molecule has 6 nitrogen and oxygen atoms in total. The van der Waals surface area contributed by atoms with Crippen LogP contribution in [-0.4, -0.2) is 44.9 Å². The minimum absolute atomic E-state index is 0. The van der Waals surface area contributed by atoms with E-state index in [9.17, 15) is 13.2 Å². The number of halogens is 2. The van der Waals surface area contributed by atoms with Gasteiger partial charge in [0.2, 0.25) is 10.0 Å². The second kappa shape index (κ2) is 8.49. The van der Waals surface area contributed by atoms with E-state index in [0.29, 0.717) is 13.1 Å². The lowest BCUT2D eigenvalue weighted by Crippen LogP contribution is -2.45. The summed E-state index contributed by atoms with van der Waals surface area (Å²) in [5, 5.41) is 0.247. The van der Waals surface area contributed by atoms with E-state index in [1.54, 1.807) is 0 Å². The van der Waals surface area contributed by atoms with Gasteiger partial charge in [0.1, 0.15) is 0 Å². The predicted octanol–water partition coefficient (Wildman–Crippen LogP) is 2.30. The van der Waals surface area contributed by atoms with Crippen molar-refractivity contribution in [1.29, 1.82) is 0 Å². The fourth-order valence-corrected chi connectivity index (χ4v) is 4.73. The molecule has 1 fully saturated rings. The van der Waals surface area contributed by atoms with Gasteiger partial charge in [0.05, 0.1) is 17.6 Å². The Labute approximate surface area is 153 Å². The smallest absolute Gasteiger partial charge is 0.339 e. The zero-order chi connectivity index (χ0) is 17.2. The van der Waals surface area contributed by atoms with E-state index in [2.05, 4.69) is 4.74 Å². The van der Waals surface area contributed by atoms with Crippen LogP contribution in [0.5, 0.6) is 0 Å². The standard InChI is InChI=1S/C15H21ClN2O4S.ClH/c1-10(17)11-4-3-7-18(9-11)23(20,21)14-8-12(16)5-6-13(14)15(19)22-2;/h5-6,8,10-11H,3-4,7,9,17H2,1-2H3;1H. The minimum atomic E-state index is -3.84. The van der Waals surface area contributed by atoms with Crippen LogP contribution in [0, 0.1) is 5.92 Å². The van der Waals surface area contributed by atoms with Crippen LogP contribution in [-0.2, 0) is 14.8 Å². The highest BCUT2D eigenvalue weighted by Crippen LogP contribution is 2.29. The molecule has 1 aliphatic rings. The Kier molecular flexibility index (Phi) is 7.49. The molecule has 0 spiro atoms. The molecule has 2 atom stereocenters. The van der Waals surface area contributed by atoms with Crippen molar-refractivity contribution in [2.24, 2.45) is 11.7 Å². The lowest BCUT2D eigenvalue weighted by molar-refractivity contribution is 0.0596. The number of ether oxygens (including phenoxy) is 1. The highest BCUT2D eigenvalue weighted by Gasteiger charge is 2.34. The number of nitrogens with two attached hydrogens (primary N) is 1. The third-order valence-electron chi connectivity index (χ3n) is 4.13. The molecule has 2 rings (SSSR count). The first-order valence-electron chi connectivity index (χ1n) is 7.41. The lowest BCUT2D eigenvalue weighted by Gasteiger charge is -2.34. The molecular weight excluding hydrogens is 375 g/mol. The predicted molar refractivity (Wildman–Crippen MR) is 95.2 cm³/mol. The summed E-state index contributed by atoms with van der Waals surface area (Å²) in [5.41, 5.74) is 5.90. The first kappa shape index (κ1) is 21.2. The summed E-state index contributed by atoms with van der Waals surface area (Å²) >= 11 is 5.93. The molecule has 0 saturated carbocycles. The van der Waals surface area contributed by atoms with Crippen molar-refractivity contribution < 1.29 is 17.9 Å². The van der Waals surface area contributed by atoms with Crippen molar-refractivity contribution in [2.75, 3.05) is 20.2 Å². The molecule has 1 saturated heterocycles. The van der Waals surface area contributed by atoms with Gasteiger partial charge >= 0.3 is 5.97 Å². The Balaban J connectivity index is 0.00000288. The van der Waals surface area contributed by atoms with Gasteiger partial charge in [-0.05, 0) is 43.9 Å². The van der Waals surface area contributed by atoms with Crippen LogP contribution in [0.25, 0.3) is 0 Å². The molecular formula is C15H22Cl2N2O4S. The van der Waals surface area contributed by atoms with Crippen molar-refractivity contribution in [3.63, 3.8) is 0 Å². The first-order valence-corrected chi connectivity index (χ1v) is 9.22. The molecule has 1 aromatic carbocycles. The van der Waals surface area contributed by atoms with Crippen LogP contribution in [0.1, 0.15) is 30.1 Å². The molecule has 1 heterocycles. The van der Waals surface area contributed by atoms with E-state index in [1.807, 2.05) is 6.92 Å². The van der Waals surface area contributed by atoms with Gasteiger partial charge < -0.3 is 10.5 Å². The molecule has 0 aromatic heterocycles. The average molecular weight is 397 g/mol. The molecule has 0 amide bonds. The molecule has 1 aromatic rings. The Hall–Kier alpha value is -0.860. The summed E-state index contributed by atoms with van der Waals surface area (Å²) in [6.07, 6.45) is 1.63. The number of hydrogen-bond donors (Lipinski definition) is 1. The van der Waals surface area contributed by atoms with Crippen molar-refractivity contribution in [1.82, 2.24) is 4.31 Å². The Morgan fingerprint density at radius 2 is 2.12 bits per heavy atom. The normalized spacial score (nSPS) is 20.1. The molecule has 0 radical (unpaired) electrons. The maximum absolute atomic E-state index is 13.0. The second-order valence-corrected chi connectivity index (χ2v) is 8.10. The van der Waals surface area contributed by atoms with Crippen LogP contribution in [0.4, 0.5) is 0 Å². The third kappa shape index (κ3) is 4.40. The summed E-state index contributed by atoms with van der Waals surface area (Å²) in [6.45, 7) is 2.62. The number of carbonyl (C=O) groups excluding carboxylic acids is 1. The second-order valence-electron chi connectivity index (χ2n) is 5.76. The topological polar surface area (TPSA) is 89.7 Å². The fourth-order valence-electron chi connectivity index (χ4n) is 2.75. The third-order valence-corrected chi connectivity index (χ3v) is 6.27. The Morgan fingerprint density at radius 1 is 1.46 bits per heavy atom. The maximum Gasteiger partial charge on any atom is 0.339 e. The number of hydrogen-bond acceptors (Lipinski definition) is 5. The van der Waals surface area contributed by atoms with Gasteiger partial charge in [-0.25, -0.2) is 13.2 Å². The molecule has 2 N–H and O–H groups in total. The Bertz CT molecular complexity index is 695. The molecule has 0 bridgehead atoms. The zero-order valence-electron chi connectivity index (χ0n) is 13.6. The van der Waals surface area contributed by atoms with E-state index in [-0.39, 0.29) is 39.8 Å². The van der Waals surface area contributed by atoms with Gasteiger partial charge in [-0.15, -0.1) is 12.4 Å². The minimum Gasteiger partial charge on any atom is -0.465 e. The fraction of sp³-hybridized carbons (Fsp3) is 0.533. The van der Waals surface area contributed by atoms with Gasteiger partial charge in [-0.1, -0.05) is 11.6 Å². The number of benzene rings is 1. The van der Waals surface area contributed by atoms with Crippen LogP contribution in [0.3, 0.4) is 0 Å². The number of methoxy groups -OCH3 is 1. The average Bonchev–Trinajstić information content (AvgIpc) is 2.54. The summed E-state index contributed by atoms with van der Waals surface area (Å²) in [5.74, 6) is -0.611. The lowest BCUT2D eigenvalue weighted by atomic mass is 9.93. The Morgan fingerprint density at radius 3 is 2.71 bits per heavy atom. The number of esters is 1. The van der Waals surface area contributed by atoms with Gasteiger partial charge in [-0.3, -0.25) is 0 Å². The van der Waals surface area contributed by atoms with E-state index in [4.69, 9.17) is 17.3 Å². The first-order chi connectivity index (χ1) is 10.8. The van der Waals surface area contributed by atoms with Crippen molar-refractivity contribution in [2.45, 2.75) is 30.7 Å². The van der Waals surface area contributed by atoms with E-state index >= 15 is 0 Å². The van der Waals surface area contributed by atoms with Crippen LogP contribution >= 0.6 is 24.0 Å². The van der Waals surface area contributed by atoms with Gasteiger partial charge in [0, 0.05) is 24.2 Å². The molecule has 2 unspecified atom stereocenters. The van der Waals surface area contributed by atoms with E-state index < -0.39 is 16.0 Å². The van der Waals surface area contributed by atoms with E-state index in [1.165, 1.54) is 29.6 Å². The summed E-state index contributed by atoms with van der Waals surface area (Å²) in [6, 6.07) is 4.04. The molecule has 9 heteroatoms. The SMILES string of the molecule is COC(=O)c1ccc(Cl)cc1S(=O)(=O)N1CCCC(C(C)N)C1.Cl. The number of rotatable bonds is 4. The zero-order valence-corrected chi connectivity index (χ0v) is 16.0. The number of nitrogens with zero attached hydrogens (tertiary/aromatic N) is 1. The van der Waals surface area contributed by atoms with Crippen LogP contribution in [0.15, 0.2) is 23.1 Å². The molecule has 136 valence electrons. The van der Waals surface area contributed by atoms with Crippen LogP contribution in [0.2, 0.25) is 5.02 Å². The number of carbonyl (C=O) groups is 1. The summed E-state index contributed by atoms with van der Waals surface area (Å²) in [4.78, 5) is 11.8. The monoisotopic (exact) mass is 396 g/mol. The molecule has 0 aliphatic carbocycles. The van der Waals surface area contributed by atoms with Crippen molar-refractivity contribution in [3.05, 3.63) is 28.8 Å². The largest absolute Gasteiger partial charge is 0.465 e.